The second-order valence-electron chi connectivity index (χ2n) is 9.65. The monoisotopic (exact) mass is 506 g/mol. The summed E-state index contributed by atoms with van der Waals surface area (Å²) >= 11 is 0. The molecule has 7 heteroatoms. The summed E-state index contributed by atoms with van der Waals surface area (Å²) in [6.07, 6.45) is 1.74. The van der Waals surface area contributed by atoms with Crippen molar-refractivity contribution in [3.8, 4) is 22.5 Å². The summed E-state index contributed by atoms with van der Waals surface area (Å²) in [5.74, 6) is 1.27. The van der Waals surface area contributed by atoms with Crippen molar-refractivity contribution in [2.24, 2.45) is 4.99 Å². The molecule has 38 heavy (non-hydrogen) atoms. The van der Waals surface area contributed by atoms with E-state index in [1.807, 2.05) is 85.8 Å². The minimum absolute atomic E-state index is 0.167. The summed E-state index contributed by atoms with van der Waals surface area (Å²) in [6.45, 7) is 2.63. The summed E-state index contributed by atoms with van der Waals surface area (Å²) in [6, 6.07) is 25.6. The first-order valence-electron chi connectivity index (χ1n) is 12.5. The van der Waals surface area contributed by atoms with E-state index < -0.39 is 11.7 Å². The molecule has 2 aliphatic rings. The number of carbonyl (C=O) groups excluding carboxylic acids is 2. The zero-order chi connectivity index (χ0) is 26.1. The van der Waals surface area contributed by atoms with E-state index in [1.54, 1.807) is 0 Å². The summed E-state index contributed by atoms with van der Waals surface area (Å²) < 4.78 is 16.9. The van der Waals surface area contributed by atoms with Gasteiger partial charge in [0.2, 0.25) is 0 Å². The number of rotatable bonds is 8. The summed E-state index contributed by atoms with van der Waals surface area (Å²) in [4.78, 5) is 28.1. The van der Waals surface area contributed by atoms with Crippen molar-refractivity contribution in [3.63, 3.8) is 0 Å². The van der Waals surface area contributed by atoms with Crippen LogP contribution in [0.4, 0.5) is 16.2 Å². The molecule has 1 fully saturated rings. The van der Waals surface area contributed by atoms with Crippen molar-refractivity contribution in [2.45, 2.75) is 38.4 Å². The van der Waals surface area contributed by atoms with Gasteiger partial charge in [0, 0.05) is 17.7 Å². The van der Waals surface area contributed by atoms with E-state index in [2.05, 4.69) is 10.3 Å². The standard InChI is InChI=1S/C31H26N2O5/c1-20-17-26-27(32-20)28(33-30(35)36-18-21-5-3-2-4-6-21)29(38-26)24-9-7-22(8-10-24)23-11-13-25(14-12-23)31(15-16-31)37-19-34/h2-14,19H,15-18H2,1H3,(H,33,35). The minimum atomic E-state index is -0.567. The van der Waals surface area contributed by atoms with E-state index in [4.69, 9.17) is 13.9 Å². The van der Waals surface area contributed by atoms with Crippen LogP contribution < -0.4 is 5.32 Å². The number of fused-ring (bicyclic) bond motifs is 1. The molecule has 190 valence electrons. The molecule has 0 spiro atoms. The van der Waals surface area contributed by atoms with Gasteiger partial charge in [0.15, 0.2) is 5.76 Å². The Labute approximate surface area is 220 Å². The molecule has 2 heterocycles. The van der Waals surface area contributed by atoms with Gasteiger partial charge in [-0.3, -0.25) is 15.1 Å². The first-order chi connectivity index (χ1) is 18.5. The number of hydrogen-bond donors (Lipinski definition) is 1. The number of hydrogen-bond acceptors (Lipinski definition) is 6. The van der Waals surface area contributed by atoms with Crippen molar-refractivity contribution in [1.29, 1.82) is 0 Å². The lowest BCUT2D eigenvalue weighted by molar-refractivity contribution is -0.136. The van der Waals surface area contributed by atoms with Crippen LogP contribution in [0.5, 0.6) is 0 Å². The molecule has 1 N–H and O–H groups in total. The van der Waals surface area contributed by atoms with Crippen LogP contribution in [-0.2, 0) is 32.9 Å². The van der Waals surface area contributed by atoms with Crippen molar-refractivity contribution >= 4 is 29.7 Å². The van der Waals surface area contributed by atoms with Crippen LogP contribution in [0, 0.1) is 0 Å². The first-order valence-corrected chi connectivity index (χ1v) is 12.5. The van der Waals surface area contributed by atoms with E-state index in [-0.39, 0.29) is 6.61 Å². The smallest absolute Gasteiger partial charge is 0.412 e. The molecule has 0 saturated heterocycles. The van der Waals surface area contributed by atoms with E-state index in [0.717, 1.165) is 52.1 Å². The zero-order valence-electron chi connectivity index (χ0n) is 20.9. The largest absolute Gasteiger partial charge is 0.456 e. The maximum Gasteiger partial charge on any atom is 0.412 e. The Hall–Kier alpha value is -4.65. The fourth-order valence-corrected chi connectivity index (χ4v) is 4.81. The molecule has 1 aromatic heterocycles. The molecule has 1 saturated carbocycles. The fraction of sp³-hybridized carbons (Fsp3) is 0.194. The fourth-order valence-electron chi connectivity index (χ4n) is 4.81. The molecule has 1 aliphatic heterocycles. The number of carbonyl (C=O) groups is 2. The molecular formula is C31H26N2O5. The van der Waals surface area contributed by atoms with Crippen LogP contribution in [0.2, 0.25) is 0 Å². The Kier molecular flexibility index (Phi) is 6.04. The van der Waals surface area contributed by atoms with Gasteiger partial charge in [-0.1, -0.05) is 78.9 Å². The zero-order valence-corrected chi connectivity index (χ0v) is 20.9. The average molecular weight is 507 g/mol. The number of nitrogens with one attached hydrogen (secondary N) is 1. The lowest BCUT2D eigenvalue weighted by atomic mass is 9.99. The molecular weight excluding hydrogens is 480 g/mol. The molecule has 6 rings (SSSR count). The second-order valence-corrected chi connectivity index (χ2v) is 9.65. The van der Waals surface area contributed by atoms with Crippen molar-refractivity contribution in [3.05, 3.63) is 95.7 Å². The average Bonchev–Trinajstić information content (AvgIpc) is 3.54. The van der Waals surface area contributed by atoms with Crippen LogP contribution in [0.1, 0.15) is 36.7 Å². The van der Waals surface area contributed by atoms with Crippen LogP contribution >= 0.6 is 0 Å². The topological polar surface area (TPSA) is 90.1 Å². The first kappa shape index (κ1) is 23.7. The molecule has 1 amide bonds. The van der Waals surface area contributed by atoms with Crippen LogP contribution in [0.25, 0.3) is 22.5 Å². The Bertz CT molecular complexity index is 1520. The maximum atomic E-state index is 12.7. The van der Waals surface area contributed by atoms with Gasteiger partial charge < -0.3 is 13.9 Å². The summed E-state index contributed by atoms with van der Waals surface area (Å²) in [5.41, 5.74) is 6.45. The van der Waals surface area contributed by atoms with Gasteiger partial charge in [0.05, 0.1) is 0 Å². The van der Waals surface area contributed by atoms with Gasteiger partial charge in [-0.05, 0) is 42.0 Å². The molecule has 0 bridgehead atoms. The van der Waals surface area contributed by atoms with Crippen LogP contribution in [0.3, 0.4) is 0 Å². The molecule has 7 nitrogen and oxygen atoms in total. The highest BCUT2D eigenvalue weighted by Crippen LogP contribution is 2.49. The molecule has 0 radical (unpaired) electrons. The third kappa shape index (κ3) is 4.59. The number of benzene rings is 3. The number of furan rings is 1. The van der Waals surface area contributed by atoms with Gasteiger partial charge in [-0.2, -0.15) is 0 Å². The van der Waals surface area contributed by atoms with E-state index in [1.165, 1.54) is 0 Å². The highest BCUT2D eigenvalue weighted by atomic mass is 16.6. The van der Waals surface area contributed by atoms with Crippen LogP contribution in [-0.4, -0.2) is 18.3 Å². The van der Waals surface area contributed by atoms with Crippen molar-refractivity contribution in [2.75, 3.05) is 5.32 Å². The lowest BCUT2D eigenvalue weighted by Gasteiger charge is -2.14. The van der Waals surface area contributed by atoms with Crippen molar-refractivity contribution in [1.82, 2.24) is 0 Å². The third-order valence-electron chi connectivity index (χ3n) is 6.98. The number of ether oxygens (including phenoxy) is 2. The van der Waals surface area contributed by atoms with Crippen LogP contribution in [0.15, 0.2) is 88.3 Å². The second kappa shape index (κ2) is 9.67. The third-order valence-corrected chi connectivity index (χ3v) is 6.98. The van der Waals surface area contributed by atoms with Gasteiger partial charge in [0.25, 0.3) is 6.47 Å². The van der Waals surface area contributed by atoms with Gasteiger partial charge in [-0.25, -0.2) is 4.79 Å². The lowest BCUT2D eigenvalue weighted by Crippen LogP contribution is -2.13. The predicted octanol–water partition coefficient (Wildman–Crippen LogP) is 7.17. The van der Waals surface area contributed by atoms with E-state index in [9.17, 15) is 9.59 Å². The Morgan fingerprint density at radius 3 is 2.29 bits per heavy atom. The highest BCUT2D eigenvalue weighted by molar-refractivity contribution is 6.02. The Balaban J connectivity index is 1.22. The minimum Gasteiger partial charge on any atom is -0.456 e. The normalized spacial score (nSPS) is 14.8. The molecule has 4 aromatic rings. The van der Waals surface area contributed by atoms with Crippen molar-refractivity contribution < 1.29 is 23.5 Å². The number of nitrogens with zero attached hydrogens (tertiary/aromatic N) is 1. The van der Waals surface area contributed by atoms with E-state index in [0.29, 0.717) is 30.0 Å². The molecule has 1 aliphatic carbocycles. The number of anilines is 1. The predicted molar refractivity (Wildman–Crippen MR) is 144 cm³/mol. The number of amides is 1. The Morgan fingerprint density at radius 2 is 1.63 bits per heavy atom. The SMILES string of the molecule is CC1=Nc2c(oc(-c3ccc(-c4ccc(C5(OC=O)CC5)cc4)cc3)c2NC(=O)OCc2ccccc2)C1. The summed E-state index contributed by atoms with van der Waals surface area (Å²) in [7, 11) is 0. The quantitative estimate of drug-likeness (QED) is 0.256. The van der Waals surface area contributed by atoms with Gasteiger partial charge >= 0.3 is 6.09 Å². The molecule has 0 unspecified atom stereocenters. The molecule has 0 atom stereocenters. The summed E-state index contributed by atoms with van der Waals surface area (Å²) in [5, 5.41) is 2.86. The van der Waals surface area contributed by atoms with Gasteiger partial charge in [0.1, 0.15) is 29.3 Å². The molecule has 3 aromatic carbocycles. The Morgan fingerprint density at radius 1 is 0.974 bits per heavy atom. The highest BCUT2D eigenvalue weighted by Gasteiger charge is 2.46. The van der Waals surface area contributed by atoms with Gasteiger partial charge in [-0.15, -0.1) is 0 Å². The number of aliphatic imine (C=N–C) groups is 1. The van der Waals surface area contributed by atoms with E-state index >= 15 is 0 Å². The maximum absolute atomic E-state index is 12.7.